The van der Waals surface area contributed by atoms with Crippen molar-refractivity contribution in [1.82, 2.24) is 5.32 Å². The number of hydrogen-bond acceptors (Lipinski definition) is 2. The molecule has 4 heteroatoms. The Hall–Kier alpha value is -1.00. The van der Waals surface area contributed by atoms with Crippen molar-refractivity contribution in [3.05, 3.63) is 35.4 Å². The maximum atomic E-state index is 13.2. The van der Waals surface area contributed by atoms with Gasteiger partial charge in [-0.25, -0.2) is 8.78 Å². The van der Waals surface area contributed by atoms with Crippen LogP contribution < -0.4 is 5.32 Å². The zero-order chi connectivity index (χ0) is 13.2. The van der Waals surface area contributed by atoms with E-state index in [4.69, 9.17) is 0 Å². The minimum Gasteiger partial charge on any atom is -0.385 e. The number of halogens is 2. The molecule has 2 nitrogen and oxygen atoms in total. The van der Waals surface area contributed by atoms with E-state index in [-0.39, 0.29) is 6.04 Å². The van der Waals surface area contributed by atoms with Crippen LogP contribution in [0.25, 0.3) is 0 Å². The zero-order valence-corrected chi connectivity index (χ0v) is 10.5. The number of piperidine rings is 1. The molecule has 2 N–H and O–H groups in total. The lowest BCUT2D eigenvalue weighted by atomic mass is 9.86. The summed E-state index contributed by atoms with van der Waals surface area (Å²) in [5.74, 6) is -1.30. The molecule has 1 aliphatic rings. The largest absolute Gasteiger partial charge is 0.385 e. The highest BCUT2D eigenvalue weighted by Crippen LogP contribution is 2.29. The molecule has 1 fully saturated rings. The lowest BCUT2D eigenvalue weighted by Gasteiger charge is -2.32. The molecular formula is C14H19F2NO. The Morgan fingerprint density at radius 2 is 1.94 bits per heavy atom. The second-order valence-electron chi connectivity index (χ2n) is 5.28. The molecule has 0 aliphatic carbocycles. The summed E-state index contributed by atoms with van der Waals surface area (Å²) in [7, 11) is 0. The van der Waals surface area contributed by atoms with Crippen LogP contribution in [0.5, 0.6) is 0 Å². The van der Waals surface area contributed by atoms with Crippen LogP contribution in [0.3, 0.4) is 0 Å². The van der Waals surface area contributed by atoms with Crippen molar-refractivity contribution in [1.29, 1.82) is 0 Å². The molecule has 0 amide bonds. The van der Waals surface area contributed by atoms with Crippen LogP contribution in [-0.2, 0) is 5.60 Å². The third kappa shape index (κ3) is 3.27. The van der Waals surface area contributed by atoms with E-state index in [1.54, 1.807) is 6.92 Å². The predicted octanol–water partition coefficient (Wildman–Crippen LogP) is 2.70. The van der Waals surface area contributed by atoms with E-state index in [1.165, 1.54) is 12.1 Å². The third-order valence-corrected chi connectivity index (χ3v) is 3.54. The Bertz CT molecular complexity index is 394. The summed E-state index contributed by atoms with van der Waals surface area (Å²) < 4.78 is 26.3. The molecule has 2 rings (SSSR count). The van der Waals surface area contributed by atoms with Gasteiger partial charge in [0.15, 0.2) is 0 Å². The molecule has 1 aromatic carbocycles. The molecular weight excluding hydrogens is 236 g/mol. The first-order valence-electron chi connectivity index (χ1n) is 6.40. The molecule has 1 aliphatic heterocycles. The van der Waals surface area contributed by atoms with E-state index in [2.05, 4.69) is 5.32 Å². The smallest absolute Gasteiger partial charge is 0.126 e. The first-order chi connectivity index (χ1) is 8.47. The van der Waals surface area contributed by atoms with Gasteiger partial charge in [-0.05, 0) is 50.4 Å². The highest BCUT2D eigenvalue weighted by molar-refractivity contribution is 5.24. The number of nitrogens with one attached hydrogen (secondary N) is 1. The molecule has 2 atom stereocenters. The lowest BCUT2D eigenvalue weighted by Crippen LogP contribution is -2.39. The fourth-order valence-corrected chi connectivity index (χ4v) is 2.56. The number of aliphatic hydroxyl groups is 1. The summed E-state index contributed by atoms with van der Waals surface area (Å²) in [4.78, 5) is 0. The molecule has 2 unspecified atom stereocenters. The minimum absolute atomic E-state index is 0.208. The van der Waals surface area contributed by atoms with E-state index in [1.807, 2.05) is 0 Å². The average Bonchev–Trinajstić information content (AvgIpc) is 2.28. The number of rotatable bonds is 3. The Balaban J connectivity index is 2.13. The lowest BCUT2D eigenvalue weighted by molar-refractivity contribution is 0.0326. The van der Waals surface area contributed by atoms with Gasteiger partial charge in [0.05, 0.1) is 5.60 Å². The fraction of sp³-hybridized carbons (Fsp3) is 0.571. The van der Waals surface area contributed by atoms with Crippen LogP contribution in [0.15, 0.2) is 18.2 Å². The Morgan fingerprint density at radius 1 is 1.28 bits per heavy atom. The molecule has 0 saturated carbocycles. The summed E-state index contributed by atoms with van der Waals surface area (Å²) in [6, 6.07) is 3.43. The van der Waals surface area contributed by atoms with E-state index in [9.17, 15) is 13.9 Å². The van der Waals surface area contributed by atoms with E-state index < -0.39 is 17.2 Å². The molecule has 0 spiro atoms. The monoisotopic (exact) mass is 255 g/mol. The van der Waals surface area contributed by atoms with Gasteiger partial charge in [-0.15, -0.1) is 0 Å². The molecule has 1 saturated heterocycles. The average molecular weight is 255 g/mol. The van der Waals surface area contributed by atoms with Crippen LogP contribution >= 0.6 is 0 Å². The standard InChI is InChI=1S/C14H19F2NO/c1-14(18,9-13-4-2-3-5-17-13)10-6-11(15)8-12(16)7-10/h6-8,13,17-18H,2-5,9H2,1H3. The SMILES string of the molecule is CC(O)(CC1CCCCN1)c1cc(F)cc(F)c1. The van der Waals surface area contributed by atoms with Crippen LogP contribution in [0.2, 0.25) is 0 Å². The highest BCUT2D eigenvalue weighted by Gasteiger charge is 2.29. The van der Waals surface area contributed by atoms with Crippen LogP contribution in [-0.4, -0.2) is 17.7 Å². The number of hydrogen-bond donors (Lipinski definition) is 2. The Morgan fingerprint density at radius 3 is 2.50 bits per heavy atom. The fourth-order valence-electron chi connectivity index (χ4n) is 2.56. The number of benzene rings is 1. The quantitative estimate of drug-likeness (QED) is 0.870. The maximum absolute atomic E-state index is 13.2. The molecule has 0 aromatic heterocycles. The van der Waals surface area contributed by atoms with Crippen molar-refractivity contribution in [2.45, 2.75) is 44.2 Å². The van der Waals surface area contributed by atoms with Crippen LogP contribution in [0.4, 0.5) is 8.78 Å². The van der Waals surface area contributed by atoms with Crippen molar-refractivity contribution >= 4 is 0 Å². The summed E-state index contributed by atoms with van der Waals surface area (Å²) in [5, 5.41) is 13.7. The van der Waals surface area contributed by atoms with Crippen LogP contribution in [0, 0.1) is 11.6 Å². The van der Waals surface area contributed by atoms with Gasteiger partial charge in [0, 0.05) is 12.1 Å². The van der Waals surface area contributed by atoms with E-state index >= 15 is 0 Å². The minimum atomic E-state index is -1.21. The van der Waals surface area contributed by atoms with Gasteiger partial charge >= 0.3 is 0 Å². The summed E-state index contributed by atoms with van der Waals surface area (Å²) in [5.41, 5.74) is -0.912. The van der Waals surface area contributed by atoms with Gasteiger partial charge in [0.1, 0.15) is 11.6 Å². The summed E-state index contributed by atoms with van der Waals surface area (Å²) in [6.07, 6.45) is 3.74. The Labute approximate surface area is 106 Å². The van der Waals surface area contributed by atoms with Gasteiger partial charge in [-0.2, -0.15) is 0 Å². The van der Waals surface area contributed by atoms with E-state index in [0.717, 1.165) is 31.9 Å². The second-order valence-corrected chi connectivity index (χ2v) is 5.28. The zero-order valence-electron chi connectivity index (χ0n) is 10.5. The molecule has 1 aromatic rings. The van der Waals surface area contributed by atoms with Crippen molar-refractivity contribution in [2.24, 2.45) is 0 Å². The molecule has 0 radical (unpaired) electrons. The van der Waals surface area contributed by atoms with Gasteiger partial charge in [-0.1, -0.05) is 6.42 Å². The van der Waals surface area contributed by atoms with Crippen molar-refractivity contribution in [3.63, 3.8) is 0 Å². The molecule has 0 bridgehead atoms. The highest BCUT2D eigenvalue weighted by atomic mass is 19.1. The van der Waals surface area contributed by atoms with E-state index in [0.29, 0.717) is 12.0 Å². The normalized spacial score (nSPS) is 23.7. The first-order valence-corrected chi connectivity index (χ1v) is 6.40. The molecule has 1 heterocycles. The Kier molecular flexibility index (Phi) is 3.97. The van der Waals surface area contributed by atoms with Crippen LogP contribution in [0.1, 0.15) is 38.2 Å². The first kappa shape index (κ1) is 13.4. The third-order valence-electron chi connectivity index (χ3n) is 3.54. The molecule has 18 heavy (non-hydrogen) atoms. The van der Waals surface area contributed by atoms with Crippen molar-refractivity contribution in [2.75, 3.05) is 6.54 Å². The van der Waals surface area contributed by atoms with Crippen molar-refractivity contribution < 1.29 is 13.9 Å². The van der Waals surface area contributed by atoms with Gasteiger partial charge in [-0.3, -0.25) is 0 Å². The summed E-state index contributed by atoms with van der Waals surface area (Å²) >= 11 is 0. The summed E-state index contributed by atoms with van der Waals surface area (Å²) in [6.45, 7) is 2.55. The van der Waals surface area contributed by atoms with Crippen molar-refractivity contribution in [3.8, 4) is 0 Å². The second kappa shape index (κ2) is 5.33. The van der Waals surface area contributed by atoms with Gasteiger partial charge in [0.2, 0.25) is 0 Å². The topological polar surface area (TPSA) is 32.3 Å². The van der Waals surface area contributed by atoms with Gasteiger partial charge < -0.3 is 10.4 Å². The van der Waals surface area contributed by atoms with Gasteiger partial charge in [0.25, 0.3) is 0 Å². The molecule has 100 valence electrons. The predicted molar refractivity (Wildman–Crippen MR) is 66.2 cm³/mol. The maximum Gasteiger partial charge on any atom is 0.126 e.